The number of hydrogen-bond acceptors (Lipinski definition) is 2. The van der Waals surface area contributed by atoms with Gasteiger partial charge in [-0.25, -0.2) is 0 Å². The largest absolute Gasteiger partial charge is 0.340 e. The molecule has 4 rings (SSSR count). The summed E-state index contributed by atoms with van der Waals surface area (Å²) in [5, 5.41) is 2.62. The van der Waals surface area contributed by atoms with E-state index in [0.29, 0.717) is 24.4 Å². The van der Waals surface area contributed by atoms with Gasteiger partial charge in [0.15, 0.2) is 0 Å². The van der Waals surface area contributed by atoms with Crippen LogP contribution in [0.15, 0.2) is 42.5 Å². The van der Waals surface area contributed by atoms with Crippen molar-refractivity contribution in [1.82, 2.24) is 9.80 Å². The van der Waals surface area contributed by atoms with Gasteiger partial charge in [0.05, 0.1) is 0 Å². The van der Waals surface area contributed by atoms with Crippen LogP contribution >= 0.6 is 0 Å². The molecule has 2 bridgehead atoms. The Bertz CT molecular complexity index is 712. The van der Waals surface area contributed by atoms with Crippen molar-refractivity contribution in [2.45, 2.75) is 44.8 Å². The smallest absolute Gasteiger partial charge is 0.222 e. The number of nitrogens with zero attached hydrogens (tertiary/aromatic N) is 2. The van der Waals surface area contributed by atoms with Crippen molar-refractivity contribution in [2.75, 3.05) is 13.1 Å². The van der Waals surface area contributed by atoms with Crippen LogP contribution < -0.4 is 0 Å². The van der Waals surface area contributed by atoms with Crippen molar-refractivity contribution >= 4 is 16.7 Å². The molecule has 3 heteroatoms. The van der Waals surface area contributed by atoms with Gasteiger partial charge < -0.3 is 4.90 Å². The van der Waals surface area contributed by atoms with E-state index in [1.54, 1.807) is 0 Å². The number of amides is 1. The molecular formula is C20H24N2O. The molecule has 2 heterocycles. The fourth-order valence-electron chi connectivity index (χ4n) is 4.22. The predicted molar refractivity (Wildman–Crippen MR) is 93.2 cm³/mol. The maximum Gasteiger partial charge on any atom is 0.222 e. The molecule has 2 aliphatic heterocycles. The highest BCUT2D eigenvalue weighted by Crippen LogP contribution is 2.32. The lowest BCUT2D eigenvalue weighted by atomic mass is 10.1. The second kappa shape index (κ2) is 5.97. The molecule has 0 radical (unpaired) electrons. The minimum absolute atomic E-state index is 0.312. The molecule has 2 saturated heterocycles. The van der Waals surface area contributed by atoms with Gasteiger partial charge in [-0.05, 0) is 35.2 Å². The summed E-state index contributed by atoms with van der Waals surface area (Å²) < 4.78 is 0. The Kier molecular flexibility index (Phi) is 3.82. The Morgan fingerprint density at radius 2 is 1.74 bits per heavy atom. The van der Waals surface area contributed by atoms with E-state index in [0.717, 1.165) is 19.6 Å². The molecule has 2 unspecified atom stereocenters. The zero-order valence-electron chi connectivity index (χ0n) is 13.7. The maximum absolute atomic E-state index is 12.0. The Morgan fingerprint density at radius 3 is 2.43 bits per heavy atom. The van der Waals surface area contributed by atoms with Crippen LogP contribution in [0.4, 0.5) is 0 Å². The highest BCUT2D eigenvalue weighted by Gasteiger charge is 2.40. The molecule has 2 aromatic rings. The topological polar surface area (TPSA) is 23.6 Å². The van der Waals surface area contributed by atoms with E-state index in [1.807, 2.05) is 6.92 Å². The average Bonchev–Trinajstić information content (AvgIpc) is 2.82. The summed E-state index contributed by atoms with van der Waals surface area (Å²) in [4.78, 5) is 16.7. The van der Waals surface area contributed by atoms with Crippen LogP contribution in [-0.4, -0.2) is 40.9 Å². The summed E-state index contributed by atoms with van der Waals surface area (Å²) in [6.45, 7) is 4.80. The number of benzene rings is 2. The number of carbonyl (C=O) groups is 1. The first-order chi connectivity index (χ1) is 11.2. The third-order valence-corrected chi connectivity index (χ3v) is 5.47. The molecule has 0 spiro atoms. The predicted octanol–water partition coefficient (Wildman–Crippen LogP) is 3.43. The van der Waals surface area contributed by atoms with Crippen molar-refractivity contribution in [3.05, 3.63) is 48.0 Å². The van der Waals surface area contributed by atoms with Crippen LogP contribution in [0.3, 0.4) is 0 Å². The fourth-order valence-corrected chi connectivity index (χ4v) is 4.22. The van der Waals surface area contributed by atoms with E-state index >= 15 is 0 Å². The molecule has 2 atom stereocenters. The third kappa shape index (κ3) is 2.74. The number of rotatable bonds is 3. The number of carbonyl (C=O) groups excluding carboxylic acids is 1. The first-order valence-electron chi connectivity index (χ1n) is 8.76. The second-order valence-corrected chi connectivity index (χ2v) is 6.89. The van der Waals surface area contributed by atoms with Crippen LogP contribution in [-0.2, 0) is 11.3 Å². The van der Waals surface area contributed by atoms with E-state index < -0.39 is 0 Å². The lowest BCUT2D eigenvalue weighted by molar-refractivity contribution is -0.134. The number of piperazine rings is 1. The molecule has 1 amide bonds. The van der Waals surface area contributed by atoms with Gasteiger partial charge in [-0.1, -0.05) is 43.3 Å². The third-order valence-electron chi connectivity index (χ3n) is 5.47. The van der Waals surface area contributed by atoms with E-state index in [9.17, 15) is 4.79 Å². The normalized spacial score (nSPS) is 24.3. The number of fused-ring (bicyclic) bond motifs is 3. The van der Waals surface area contributed by atoms with Crippen molar-refractivity contribution in [3.8, 4) is 0 Å². The SMILES string of the molecule is CCC(=O)N1CC2CCC(C1)N2Cc1ccc2ccccc2c1. The van der Waals surface area contributed by atoms with Gasteiger partial charge in [0.25, 0.3) is 0 Å². The zero-order valence-corrected chi connectivity index (χ0v) is 13.7. The molecule has 0 N–H and O–H groups in total. The van der Waals surface area contributed by atoms with Gasteiger partial charge in [0.1, 0.15) is 0 Å². The van der Waals surface area contributed by atoms with Gasteiger partial charge >= 0.3 is 0 Å². The molecule has 3 nitrogen and oxygen atoms in total. The monoisotopic (exact) mass is 308 g/mol. The summed E-state index contributed by atoms with van der Waals surface area (Å²) in [5.41, 5.74) is 1.39. The van der Waals surface area contributed by atoms with Crippen LogP contribution in [0.2, 0.25) is 0 Å². The summed E-state index contributed by atoms with van der Waals surface area (Å²) in [6.07, 6.45) is 3.08. The Morgan fingerprint density at radius 1 is 1.04 bits per heavy atom. The van der Waals surface area contributed by atoms with E-state index in [4.69, 9.17) is 0 Å². The average molecular weight is 308 g/mol. The minimum Gasteiger partial charge on any atom is -0.340 e. The highest BCUT2D eigenvalue weighted by molar-refractivity contribution is 5.83. The molecule has 2 fully saturated rings. The van der Waals surface area contributed by atoms with Gasteiger partial charge in [0.2, 0.25) is 5.91 Å². The molecule has 2 aromatic carbocycles. The van der Waals surface area contributed by atoms with E-state index in [1.165, 1.54) is 29.2 Å². The highest BCUT2D eigenvalue weighted by atomic mass is 16.2. The molecule has 2 aliphatic rings. The Labute approximate surface area is 137 Å². The maximum atomic E-state index is 12.0. The molecule has 0 saturated carbocycles. The van der Waals surface area contributed by atoms with Crippen molar-refractivity contribution < 1.29 is 4.79 Å². The minimum atomic E-state index is 0.312. The molecule has 23 heavy (non-hydrogen) atoms. The van der Waals surface area contributed by atoms with Crippen LogP contribution in [0.25, 0.3) is 10.8 Å². The Balaban J connectivity index is 1.52. The fraction of sp³-hybridized carbons (Fsp3) is 0.450. The summed E-state index contributed by atoms with van der Waals surface area (Å²) in [6, 6.07) is 16.4. The summed E-state index contributed by atoms with van der Waals surface area (Å²) in [5.74, 6) is 0.312. The van der Waals surface area contributed by atoms with Gasteiger partial charge in [-0.2, -0.15) is 0 Å². The van der Waals surface area contributed by atoms with Crippen molar-refractivity contribution in [1.29, 1.82) is 0 Å². The quantitative estimate of drug-likeness (QED) is 0.867. The van der Waals surface area contributed by atoms with Crippen molar-refractivity contribution in [3.63, 3.8) is 0 Å². The van der Waals surface area contributed by atoms with E-state index in [2.05, 4.69) is 52.3 Å². The molecule has 0 aliphatic carbocycles. The van der Waals surface area contributed by atoms with Gasteiger partial charge in [-0.15, -0.1) is 0 Å². The van der Waals surface area contributed by atoms with Crippen molar-refractivity contribution in [2.24, 2.45) is 0 Å². The lowest BCUT2D eigenvalue weighted by Crippen LogP contribution is -2.54. The molecular weight excluding hydrogens is 284 g/mol. The molecule has 120 valence electrons. The lowest BCUT2D eigenvalue weighted by Gasteiger charge is -2.41. The standard InChI is InChI=1S/C20H24N2O/c1-2-20(23)21-13-18-9-10-19(14-21)22(18)12-15-7-8-16-5-3-4-6-17(16)11-15/h3-8,11,18-19H,2,9-10,12-14H2,1H3. The van der Waals surface area contributed by atoms with Crippen LogP contribution in [0.1, 0.15) is 31.7 Å². The summed E-state index contributed by atoms with van der Waals surface area (Å²) in [7, 11) is 0. The summed E-state index contributed by atoms with van der Waals surface area (Å²) >= 11 is 0. The van der Waals surface area contributed by atoms with Crippen LogP contribution in [0.5, 0.6) is 0 Å². The first kappa shape index (κ1) is 14.7. The van der Waals surface area contributed by atoms with Gasteiger partial charge in [0, 0.05) is 38.1 Å². The second-order valence-electron chi connectivity index (χ2n) is 6.89. The number of likely N-dealkylation sites (tertiary alicyclic amines) is 1. The zero-order chi connectivity index (χ0) is 15.8. The first-order valence-corrected chi connectivity index (χ1v) is 8.76. The van der Waals surface area contributed by atoms with Gasteiger partial charge in [-0.3, -0.25) is 9.69 Å². The van der Waals surface area contributed by atoms with E-state index in [-0.39, 0.29) is 0 Å². The Hall–Kier alpha value is -1.87. The molecule has 0 aromatic heterocycles. The number of hydrogen-bond donors (Lipinski definition) is 0. The van der Waals surface area contributed by atoms with Crippen LogP contribution in [0, 0.1) is 0 Å².